The molecule has 0 aliphatic heterocycles. The maximum atomic E-state index is 12.2. The molecule has 0 heterocycles. The Morgan fingerprint density at radius 2 is 1.83 bits per heavy atom. The van der Waals surface area contributed by atoms with E-state index in [4.69, 9.17) is 4.74 Å². The van der Waals surface area contributed by atoms with Gasteiger partial charge in [-0.2, -0.15) is 0 Å². The van der Waals surface area contributed by atoms with Gasteiger partial charge in [-0.05, 0) is 36.4 Å². The fourth-order valence-electron chi connectivity index (χ4n) is 2.00. The normalized spacial score (nSPS) is 10.0. The number of hydrogen-bond acceptors (Lipinski definition) is 5. The van der Waals surface area contributed by atoms with E-state index >= 15 is 0 Å². The Morgan fingerprint density at radius 1 is 1.17 bits per heavy atom. The van der Waals surface area contributed by atoms with Gasteiger partial charge < -0.3 is 15.0 Å². The Bertz CT molecular complexity index is 727. The number of nitro benzene ring substituents is 1. The molecule has 2 aromatic carbocycles. The van der Waals surface area contributed by atoms with Crippen LogP contribution in [0.1, 0.15) is 10.4 Å². The molecule has 0 radical (unpaired) electrons. The monoisotopic (exact) mass is 315 g/mol. The molecule has 0 spiro atoms. The SMILES string of the molecule is COc1ccc(NC(=O)c2ccc(N(C)C)cc2)c([N+](=O)[O-])c1. The number of ether oxygens (including phenoxy) is 1. The Morgan fingerprint density at radius 3 is 2.35 bits per heavy atom. The third-order valence-electron chi connectivity index (χ3n) is 3.30. The lowest BCUT2D eigenvalue weighted by Crippen LogP contribution is -2.14. The average molecular weight is 315 g/mol. The molecule has 0 saturated heterocycles. The maximum absolute atomic E-state index is 12.2. The van der Waals surface area contributed by atoms with Crippen molar-refractivity contribution < 1.29 is 14.5 Å². The molecule has 0 fully saturated rings. The summed E-state index contributed by atoms with van der Waals surface area (Å²) in [5.74, 6) is -0.0615. The van der Waals surface area contributed by atoms with Crippen LogP contribution in [0.5, 0.6) is 5.75 Å². The zero-order valence-corrected chi connectivity index (χ0v) is 13.1. The van der Waals surface area contributed by atoms with Crippen LogP contribution in [0.15, 0.2) is 42.5 Å². The van der Waals surface area contributed by atoms with Gasteiger partial charge in [0.1, 0.15) is 11.4 Å². The number of anilines is 2. The van der Waals surface area contributed by atoms with Gasteiger partial charge in [0.2, 0.25) is 0 Å². The van der Waals surface area contributed by atoms with Crippen molar-refractivity contribution >= 4 is 23.0 Å². The van der Waals surface area contributed by atoms with Gasteiger partial charge in [-0.25, -0.2) is 0 Å². The molecule has 2 aromatic rings. The number of rotatable bonds is 5. The number of carbonyl (C=O) groups excluding carboxylic acids is 1. The van der Waals surface area contributed by atoms with E-state index in [-0.39, 0.29) is 11.4 Å². The number of nitrogens with one attached hydrogen (secondary N) is 1. The van der Waals surface area contributed by atoms with Gasteiger partial charge >= 0.3 is 0 Å². The van der Waals surface area contributed by atoms with Crippen molar-refractivity contribution in [3.8, 4) is 5.75 Å². The number of carbonyl (C=O) groups is 1. The Hall–Kier alpha value is -3.09. The summed E-state index contributed by atoms with van der Waals surface area (Å²) in [4.78, 5) is 24.7. The maximum Gasteiger partial charge on any atom is 0.296 e. The molecular weight excluding hydrogens is 298 g/mol. The molecule has 120 valence electrons. The third-order valence-corrected chi connectivity index (χ3v) is 3.30. The fourth-order valence-corrected chi connectivity index (χ4v) is 2.00. The molecule has 0 aliphatic rings. The van der Waals surface area contributed by atoms with E-state index in [9.17, 15) is 14.9 Å². The van der Waals surface area contributed by atoms with Crippen molar-refractivity contribution in [2.75, 3.05) is 31.4 Å². The second kappa shape index (κ2) is 6.78. The van der Waals surface area contributed by atoms with Crippen LogP contribution in [0.3, 0.4) is 0 Å². The van der Waals surface area contributed by atoms with Crippen LogP contribution in [0.4, 0.5) is 17.1 Å². The summed E-state index contributed by atoms with van der Waals surface area (Å²) in [5.41, 5.74) is 1.28. The summed E-state index contributed by atoms with van der Waals surface area (Å²) >= 11 is 0. The topological polar surface area (TPSA) is 84.7 Å². The summed E-state index contributed by atoms with van der Waals surface area (Å²) in [6.45, 7) is 0. The highest BCUT2D eigenvalue weighted by atomic mass is 16.6. The summed E-state index contributed by atoms with van der Waals surface area (Å²) in [6.07, 6.45) is 0. The van der Waals surface area contributed by atoms with Gasteiger partial charge in [-0.3, -0.25) is 14.9 Å². The molecule has 7 heteroatoms. The number of amides is 1. The molecule has 0 bridgehead atoms. The highest BCUT2D eigenvalue weighted by Gasteiger charge is 2.18. The van der Waals surface area contributed by atoms with E-state index in [0.29, 0.717) is 11.3 Å². The number of hydrogen-bond donors (Lipinski definition) is 1. The minimum Gasteiger partial charge on any atom is -0.496 e. The van der Waals surface area contributed by atoms with E-state index in [1.54, 1.807) is 30.3 Å². The van der Waals surface area contributed by atoms with Crippen molar-refractivity contribution in [3.05, 3.63) is 58.1 Å². The van der Waals surface area contributed by atoms with E-state index in [1.807, 2.05) is 19.0 Å². The van der Waals surface area contributed by atoms with Crippen molar-refractivity contribution in [1.29, 1.82) is 0 Å². The average Bonchev–Trinajstić information content (AvgIpc) is 2.55. The molecule has 2 rings (SSSR count). The summed E-state index contributed by atoms with van der Waals surface area (Å²) in [6, 6.07) is 11.2. The predicted molar refractivity (Wildman–Crippen MR) is 88.4 cm³/mol. The van der Waals surface area contributed by atoms with Crippen LogP contribution in [-0.4, -0.2) is 32.0 Å². The Balaban J connectivity index is 2.24. The van der Waals surface area contributed by atoms with E-state index in [0.717, 1.165) is 5.69 Å². The lowest BCUT2D eigenvalue weighted by Gasteiger charge is -2.12. The Kier molecular flexibility index (Phi) is 4.80. The highest BCUT2D eigenvalue weighted by molar-refractivity contribution is 6.05. The van der Waals surface area contributed by atoms with Crippen molar-refractivity contribution in [1.82, 2.24) is 0 Å². The standard InChI is InChI=1S/C16H17N3O4/c1-18(2)12-6-4-11(5-7-12)16(20)17-14-9-8-13(23-3)10-15(14)19(21)22/h4-10H,1-3H3,(H,17,20). The van der Waals surface area contributed by atoms with E-state index < -0.39 is 10.8 Å². The molecule has 1 N–H and O–H groups in total. The first kappa shape index (κ1) is 16.3. The van der Waals surface area contributed by atoms with Crippen LogP contribution in [0, 0.1) is 10.1 Å². The highest BCUT2D eigenvalue weighted by Crippen LogP contribution is 2.29. The van der Waals surface area contributed by atoms with Gasteiger partial charge in [-0.1, -0.05) is 0 Å². The van der Waals surface area contributed by atoms with Crippen LogP contribution in [-0.2, 0) is 0 Å². The van der Waals surface area contributed by atoms with Gasteiger partial charge in [0.05, 0.1) is 18.1 Å². The van der Waals surface area contributed by atoms with Gasteiger partial charge in [0.25, 0.3) is 11.6 Å². The number of benzene rings is 2. The molecule has 0 aromatic heterocycles. The smallest absolute Gasteiger partial charge is 0.296 e. The van der Waals surface area contributed by atoms with Crippen molar-refractivity contribution in [2.45, 2.75) is 0 Å². The molecule has 0 unspecified atom stereocenters. The lowest BCUT2D eigenvalue weighted by atomic mass is 10.1. The van der Waals surface area contributed by atoms with Crippen LogP contribution < -0.4 is 15.0 Å². The third kappa shape index (κ3) is 3.76. The first-order valence-electron chi connectivity index (χ1n) is 6.83. The van der Waals surface area contributed by atoms with Gasteiger partial charge in [0, 0.05) is 25.3 Å². The van der Waals surface area contributed by atoms with Crippen molar-refractivity contribution in [2.24, 2.45) is 0 Å². The predicted octanol–water partition coefficient (Wildman–Crippen LogP) is 2.92. The summed E-state index contributed by atoms with van der Waals surface area (Å²) in [7, 11) is 5.22. The van der Waals surface area contributed by atoms with Crippen LogP contribution in [0.25, 0.3) is 0 Å². The van der Waals surface area contributed by atoms with E-state index in [2.05, 4.69) is 5.32 Å². The molecule has 0 atom stereocenters. The second-order valence-corrected chi connectivity index (χ2v) is 5.04. The minimum absolute atomic E-state index is 0.123. The molecule has 0 saturated carbocycles. The minimum atomic E-state index is -0.562. The zero-order chi connectivity index (χ0) is 17.0. The van der Waals surface area contributed by atoms with Crippen LogP contribution >= 0.6 is 0 Å². The lowest BCUT2D eigenvalue weighted by molar-refractivity contribution is -0.384. The van der Waals surface area contributed by atoms with Crippen LogP contribution in [0.2, 0.25) is 0 Å². The molecule has 0 aliphatic carbocycles. The summed E-state index contributed by atoms with van der Waals surface area (Å²) < 4.78 is 4.96. The number of methoxy groups -OCH3 is 1. The number of nitro groups is 1. The second-order valence-electron chi connectivity index (χ2n) is 5.04. The molecular formula is C16H17N3O4. The quantitative estimate of drug-likeness (QED) is 0.677. The van der Waals surface area contributed by atoms with E-state index in [1.165, 1.54) is 19.2 Å². The fraction of sp³-hybridized carbons (Fsp3) is 0.188. The summed E-state index contributed by atoms with van der Waals surface area (Å²) in [5, 5.41) is 13.7. The Labute approximate surface area is 133 Å². The molecule has 1 amide bonds. The number of nitrogens with zero attached hydrogens (tertiary/aromatic N) is 2. The molecule has 7 nitrogen and oxygen atoms in total. The zero-order valence-electron chi connectivity index (χ0n) is 13.1. The van der Waals surface area contributed by atoms with Gasteiger partial charge in [-0.15, -0.1) is 0 Å². The first-order valence-corrected chi connectivity index (χ1v) is 6.83. The van der Waals surface area contributed by atoms with Gasteiger partial charge in [0.15, 0.2) is 0 Å². The first-order chi connectivity index (χ1) is 10.9. The molecule has 23 heavy (non-hydrogen) atoms. The largest absolute Gasteiger partial charge is 0.496 e. The van der Waals surface area contributed by atoms with Crippen molar-refractivity contribution in [3.63, 3.8) is 0 Å².